The molecule has 20 heavy (non-hydrogen) atoms. The number of carbonyl (C=O) groups excluding carboxylic acids is 1. The van der Waals surface area contributed by atoms with Gasteiger partial charge in [-0.25, -0.2) is 4.68 Å². The molecule has 0 radical (unpaired) electrons. The van der Waals surface area contributed by atoms with Crippen LogP contribution in [-0.4, -0.2) is 27.2 Å². The average Bonchev–Trinajstić information content (AvgIpc) is 2.95. The first-order chi connectivity index (χ1) is 9.58. The molecule has 0 spiro atoms. The number of benzene rings is 1. The van der Waals surface area contributed by atoms with E-state index in [1.165, 1.54) is 6.20 Å². The Morgan fingerprint density at radius 2 is 2.15 bits per heavy atom. The van der Waals surface area contributed by atoms with Crippen LogP contribution in [0, 0.1) is 5.92 Å². The van der Waals surface area contributed by atoms with Crippen LogP contribution in [0.1, 0.15) is 17.3 Å². The van der Waals surface area contributed by atoms with Crippen molar-refractivity contribution in [1.82, 2.24) is 15.1 Å². The number of carbonyl (C=O) groups is 1. The lowest BCUT2D eigenvalue weighted by Gasteiger charge is -2.09. The first-order valence-corrected chi connectivity index (χ1v) is 6.66. The predicted octanol–water partition coefficient (Wildman–Crippen LogP) is 1.52. The van der Waals surface area contributed by atoms with Crippen molar-refractivity contribution in [2.45, 2.75) is 6.92 Å². The molecule has 0 aliphatic rings. The van der Waals surface area contributed by atoms with Gasteiger partial charge in [0, 0.05) is 18.7 Å². The molecule has 1 aromatic heterocycles. The van der Waals surface area contributed by atoms with Crippen molar-refractivity contribution in [1.29, 1.82) is 0 Å². The molecule has 1 heterocycles. The Labute approximate surface area is 122 Å². The Kier molecular flexibility index (Phi) is 4.47. The van der Waals surface area contributed by atoms with Gasteiger partial charge in [0.25, 0.3) is 5.91 Å². The molecule has 2 aromatic rings. The first-order valence-electron chi connectivity index (χ1n) is 6.25. The number of aromatic nitrogens is 2. The number of nitrogens with zero attached hydrogens (tertiary/aromatic N) is 2. The summed E-state index contributed by atoms with van der Waals surface area (Å²) in [5.41, 5.74) is 6.91. The van der Waals surface area contributed by atoms with Gasteiger partial charge < -0.3 is 11.1 Å². The lowest BCUT2D eigenvalue weighted by Crippen LogP contribution is -2.33. The summed E-state index contributed by atoms with van der Waals surface area (Å²) >= 11 is 4.86. The van der Waals surface area contributed by atoms with Gasteiger partial charge in [-0.05, 0) is 12.1 Å². The number of hydrogen-bond acceptors (Lipinski definition) is 3. The monoisotopic (exact) mass is 288 g/mol. The van der Waals surface area contributed by atoms with Crippen molar-refractivity contribution in [3.63, 3.8) is 0 Å². The number of nitrogens with one attached hydrogen (secondary N) is 1. The van der Waals surface area contributed by atoms with Gasteiger partial charge in [-0.2, -0.15) is 5.10 Å². The van der Waals surface area contributed by atoms with Crippen LogP contribution in [0.2, 0.25) is 0 Å². The maximum Gasteiger partial charge on any atom is 0.254 e. The van der Waals surface area contributed by atoms with Crippen molar-refractivity contribution >= 4 is 23.1 Å². The van der Waals surface area contributed by atoms with Gasteiger partial charge in [-0.1, -0.05) is 37.3 Å². The zero-order chi connectivity index (χ0) is 14.5. The van der Waals surface area contributed by atoms with E-state index >= 15 is 0 Å². The topological polar surface area (TPSA) is 72.9 Å². The van der Waals surface area contributed by atoms with Gasteiger partial charge in [-0.15, -0.1) is 0 Å². The highest BCUT2D eigenvalue weighted by atomic mass is 32.1. The van der Waals surface area contributed by atoms with E-state index in [1.54, 1.807) is 10.9 Å². The molecule has 1 unspecified atom stereocenters. The molecule has 2 rings (SSSR count). The van der Waals surface area contributed by atoms with Crippen molar-refractivity contribution in [2.75, 3.05) is 6.54 Å². The Balaban J connectivity index is 2.02. The molecule has 5 nitrogen and oxygen atoms in total. The molecule has 1 aromatic carbocycles. The second kappa shape index (κ2) is 6.29. The molecule has 0 bridgehead atoms. The Morgan fingerprint density at radius 3 is 2.80 bits per heavy atom. The second-order valence-electron chi connectivity index (χ2n) is 4.52. The van der Waals surface area contributed by atoms with Gasteiger partial charge in [0.15, 0.2) is 0 Å². The highest BCUT2D eigenvalue weighted by Crippen LogP contribution is 2.07. The zero-order valence-corrected chi connectivity index (χ0v) is 11.9. The molecular weight excluding hydrogens is 272 g/mol. The van der Waals surface area contributed by atoms with Gasteiger partial charge in [0.2, 0.25) is 0 Å². The summed E-state index contributed by atoms with van der Waals surface area (Å²) < 4.78 is 1.66. The molecule has 0 aliphatic carbocycles. The summed E-state index contributed by atoms with van der Waals surface area (Å²) in [6.07, 6.45) is 3.23. The molecular formula is C14H16N4OS. The quantitative estimate of drug-likeness (QED) is 0.818. The smallest absolute Gasteiger partial charge is 0.254 e. The fourth-order valence-electron chi connectivity index (χ4n) is 1.61. The highest BCUT2D eigenvalue weighted by Gasteiger charge is 2.11. The fourth-order valence-corrected chi connectivity index (χ4v) is 1.69. The molecule has 0 fully saturated rings. The van der Waals surface area contributed by atoms with Gasteiger partial charge in [0.1, 0.15) is 0 Å². The van der Waals surface area contributed by atoms with Crippen molar-refractivity contribution in [2.24, 2.45) is 11.7 Å². The van der Waals surface area contributed by atoms with Crippen LogP contribution < -0.4 is 11.1 Å². The second-order valence-corrected chi connectivity index (χ2v) is 4.99. The third-order valence-electron chi connectivity index (χ3n) is 2.92. The average molecular weight is 288 g/mol. The summed E-state index contributed by atoms with van der Waals surface area (Å²) in [5, 5.41) is 6.96. The maximum atomic E-state index is 12.0. The van der Waals surface area contributed by atoms with Crippen LogP contribution in [0.15, 0.2) is 42.7 Å². The number of nitrogens with two attached hydrogens (primary N) is 1. The van der Waals surface area contributed by atoms with Crippen LogP contribution in [0.25, 0.3) is 5.69 Å². The first kappa shape index (κ1) is 14.2. The minimum absolute atomic E-state index is 0.0295. The van der Waals surface area contributed by atoms with E-state index < -0.39 is 0 Å². The van der Waals surface area contributed by atoms with E-state index in [0.29, 0.717) is 17.1 Å². The number of amides is 1. The SMILES string of the molecule is CC(CNC(=O)c1cnn(-c2ccccc2)c1)C(N)=S. The number of thiocarbonyl (C=S) groups is 1. The van der Waals surface area contributed by atoms with E-state index in [2.05, 4.69) is 10.4 Å². The van der Waals surface area contributed by atoms with Crippen molar-refractivity contribution < 1.29 is 4.79 Å². The maximum absolute atomic E-state index is 12.0. The third-order valence-corrected chi connectivity index (χ3v) is 3.32. The lowest BCUT2D eigenvalue weighted by molar-refractivity contribution is 0.0951. The van der Waals surface area contributed by atoms with E-state index in [4.69, 9.17) is 18.0 Å². The van der Waals surface area contributed by atoms with Crippen LogP contribution in [0.4, 0.5) is 0 Å². The minimum Gasteiger partial charge on any atom is -0.393 e. The highest BCUT2D eigenvalue weighted by molar-refractivity contribution is 7.80. The third kappa shape index (κ3) is 3.42. The molecule has 0 aliphatic heterocycles. The van der Waals surface area contributed by atoms with E-state index in [0.717, 1.165) is 5.69 Å². The lowest BCUT2D eigenvalue weighted by atomic mass is 10.2. The van der Waals surface area contributed by atoms with Gasteiger partial charge >= 0.3 is 0 Å². The molecule has 0 saturated heterocycles. The standard InChI is InChI=1S/C14H16N4OS/c1-10(13(15)20)7-16-14(19)11-8-17-18(9-11)12-5-3-2-4-6-12/h2-6,8-10H,7H2,1H3,(H2,15,20)(H,16,19). The molecule has 6 heteroatoms. The van der Waals surface area contributed by atoms with Crippen LogP contribution in [-0.2, 0) is 0 Å². The normalized spacial score (nSPS) is 11.8. The van der Waals surface area contributed by atoms with Crippen molar-refractivity contribution in [3.8, 4) is 5.69 Å². The Bertz CT molecular complexity index is 609. The Morgan fingerprint density at radius 1 is 1.45 bits per heavy atom. The minimum atomic E-state index is -0.185. The van der Waals surface area contributed by atoms with Gasteiger partial charge in [0.05, 0.1) is 22.4 Å². The van der Waals surface area contributed by atoms with Crippen LogP contribution >= 0.6 is 12.2 Å². The number of rotatable bonds is 5. The molecule has 3 N–H and O–H groups in total. The van der Waals surface area contributed by atoms with E-state index in [9.17, 15) is 4.79 Å². The summed E-state index contributed by atoms with van der Waals surface area (Å²) in [6.45, 7) is 2.29. The molecule has 104 valence electrons. The largest absolute Gasteiger partial charge is 0.393 e. The number of para-hydroxylation sites is 1. The van der Waals surface area contributed by atoms with Crippen LogP contribution in [0.3, 0.4) is 0 Å². The molecule has 1 amide bonds. The van der Waals surface area contributed by atoms with Crippen LogP contribution in [0.5, 0.6) is 0 Å². The van der Waals surface area contributed by atoms with E-state index in [1.807, 2.05) is 37.3 Å². The zero-order valence-electron chi connectivity index (χ0n) is 11.1. The predicted molar refractivity (Wildman–Crippen MR) is 81.8 cm³/mol. The summed E-state index contributed by atoms with van der Waals surface area (Å²) in [5.74, 6) is -0.214. The molecule has 1 atom stereocenters. The summed E-state index contributed by atoms with van der Waals surface area (Å²) in [4.78, 5) is 12.4. The number of hydrogen-bond donors (Lipinski definition) is 2. The summed E-state index contributed by atoms with van der Waals surface area (Å²) in [7, 11) is 0. The fraction of sp³-hybridized carbons (Fsp3) is 0.214. The summed E-state index contributed by atoms with van der Waals surface area (Å²) in [6, 6.07) is 9.60. The van der Waals surface area contributed by atoms with Gasteiger partial charge in [-0.3, -0.25) is 4.79 Å². The van der Waals surface area contributed by atoms with Crippen molar-refractivity contribution in [3.05, 3.63) is 48.3 Å². The Hall–Kier alpha value is -2.21. The van der Waals surface area contributed by atoms with E-state index in [-0.39, 0.29) is 11.8 Å². The molecule has 0 saturated carbocycles.